The summed E-state index contributed by atoms with van der Waals surface area (Å²) in [7, 11) is -1.07. The average Bonchev–Trinajstić information content (AvgIpc) is 2.90. The normalized spacial score (nSPS) is 11.9. The number of sulfonamides is 1. The van der Waals surface area contributed by atoms with Crippen molar-refractivity contribution < 1.29 is 22.7 Å². The molecule has 1 N–H and O–H groups in total. The number of anilines is 1. The van der Waals surface area contributed by atoms with Crippen molar-refractivity contribution in [3.8, 4) is 5.75 Å². The molecule has 36 heavy (non-hydrogen) atoms. The Morgan fingerprint density at radius 1 is 0.972 bits per heavy atom. The van der Waals surface area contributed by atoms with E-state index in [9.17, 15) is 18.0 Å². The number of carbonyl (C=O) groups excluding carboxylic acids is 2. The second-order valence-corrected chi connectivity index (χ2v) is 10.3. The van der Waals surface area contributed by atoms with Crippen LogP contribution >= 0.6 is 11.6 Å². The van der Waals surface area contributed by atoms with Crippen LogP contribution in [0.25, 0.3) is 0 Å². The minimum Gasteiger partial charge on any atom is -0.497 e. The molecule has 0 aliphatic heterocycles. The highest BCUT2D eigenvalue weighted by Crippen LogP contribution is 2.26. The van der Waals surface area contributed by atoms with Crippen LogP contribution in [0.2, 0.25) is 5.02 Å². The van der Waals surface area contributed by atoms with Gasteiger partial charge < -0.3 is 15.0 Å². The fourth-order valence-electron chi connectivity index (χ4n) is 3.57. The molecule has 0 unspecified atom stereocenters. The van der Waals surface area contributed by atoms with Gasteiger partial charge in [-0.1, -0.05) is 41.9 Å². The van der Waals surface area contributed by atoms with Crippen LogP contribution in [0.5, 0.6) is 5.75 Å². The van der Waals surface area contributed by atoms with E-state index in [1.807, 2.05) is 0 Å². The van der Waals surface area contributed by atoms with E-state index in [1.54, 1.807) is 68.6 Å². The highest BCUT2D eigenvalue weighted by molar-refractivity contribution is 7.92. The number of ether oxygens (including phenoxy) is 1. The SMILES string of the molecule is CNC(=O)[C@H](C)N(Cc1ccc(OC)cc1)C(=O)CN(c1ccc(Cl)cc1)S(=O)(=O)c1ccccc1. The number of nitrogens with one attached hydrogen (secondary N) is 1. The summed E-state index contributed by atoms with van der Waals surface area (Å²) < 4.78 is 33.4. The number of benzene rings is 3. The predicted octanol–water partition coefficient (Wildman–Crippen LogP) is 3.71. The van der Waals surface area contributed by atoms with E-state index in [1.165, 1.54) is 36.2 Å². The van der Waals surface area contributed by atoms with E-state index in [2.05, 4.69) is 5.32 Å². The molecule has 190 valence electrons. The molecule has 0 bridgehead atoms. The van der Waals surface area contributed by atoms with E-state index in [4.69, 9.17) is 16.3 Å². The standard InChI is InChI=1S/C26H28ClN3O5S/c1-19(26(32)28-2)29(17-20-9-15-23(35-3)16-10-20)25(31)18-30(22-13-11-21(27)12-14-22)36(33,34)24-7-5-4-6-8-24/h4-16,19H,17-18H2,1-3H3,(H,28,32)/t19-/m0/s1. The number of carbonyl (C=O) groups is 2. The van der Waals surface area contributed by atoms with Crippen LogP contribution in [0.1, 0.15) is 12.5 Å². The van der Waals surface area contributed by atoms with Crippen LogP contribution in [0.3, 0.4) is 0 Å². The lowest BCUT2D eigenvalue weighted by molar-refractivity contribution is -0.139. The zero-order chi connectivity index (χ0) is 26.3. The van der Waals surface area contributed by atoms with Crippen molar-refractivity contribution >= 4 is 39.1 Å². The molecule has 1 atom stereocenters. The number of likely N-dealkylation sites (N-methyl/N-ethyl adjacent to an activating group) is 1. The van der Waals surface area contributed by atoms with E-state index in [0.29, 0.717) is 10.8 Å². The van der Waals surface area contributed by atoms with Gasteiger partial charge in [-0.05, 0) is 61.0 Å². The molecule has 0 saturated heterocycles. The second kappa shape index (κ2) is 11.9. The summed E-state index contributed by atoms with van der Waals surface area (Å²) in [5, 5.41) is 2.98. The van der Waals surface area contributed by atoms with Crippen molar-refractivity contribution in [3.63, 3.8) is 0 Å². The summed E-state index contributed by atoms with van der Waals surface area (Å²) in [5.74, 6) is -0.268. The molecule has 3 aromatic carbocycles. The van der Waals surface area contributed by atoms with Gasteiger partial charge in [0.05, 0.1) is 17.7 Å². The molecule has 2 amide bonds. The molecule has 0 aromatic heterocycles. The molecule has 0 radical (unpaired) electrons. The van der Waals surface area contributed by atoms with Gasteiger partial charge in [-0.2, -0.15) is 0 Å². The average molecular weight is 530 g/mol. The van der Waals surface area contributed by atoms with E-state index in [-0.39, 0.29) is 23.0 Å². The Balaban J connectivity index is 1.99. The Morgan fingerprint density at radius 3 is 2.14 bits per heavy atom. The first kappa shape index (κ1) is 27.0. The Labute approximate surface area is 216 Å². The maximum absolute atomic E-state index is 13.7. The topological polar surface area (TPSA) is 96.0 Å². The molecular weight excluding hydrogens is 502 g/mol. The van der Waals surface area contributed by atoms with Crippen LogP contribution in [-0.2, 0) is 26.2 Å². The third kappa shape index (κ3) is 6.35. The minimum absolute atomic E-state index is 0.0359. The zero-order valence-corrected chi connectivity index (χ0v) is 21.8. The smallest absolute Gasteiger partial charge is 0.264 e. The fraction of sp³-hybridized carbons (Fsp3) is 0.231. The van der Waals surface area contributed by atoms with Crippen LogP contribution in [0.4, 0.5) is 5.69 Å². The number of rotatable bonds is 10. The molecule has 8 nitrogen and oxygen atoms in total. The van der Waals surface area contributed by atoms with E-state index < -0.39 is 28.5 Å². The Kier molecular flexibility index (Phi) is 8.95. The molecule has 0 saturated carbocycles. The molecule has 0 aliphatic rings. The number of halogens is 1. The number of nitrogens with zero attached hydrogens (tertiary/aromatic N) is 2. The van der Waals surface area contributed by atoms with Gasteiger partial charge in [0.25, 0.3) is 10.0 Å². The largest absolute Gasteiger partial charge is 0.497 e. The molecule has 0 fully saturated rings. The third-order valence-corrected chi connectivity index (χ3v) is 7.69. The highest BCUT2D eigenvalue weighted by atomic mass is 35.5. The Hall–Kier alpha value is -3.56. The molecule has 3 rings (SSSR count). The molecular formula is C26H28ClN3O5S. The first-order valence-corrected chi connectivity index (χ1v) is 13.0. The molecule has 0 aliphatic carbocycles. The quantitative estimate of drug-likeness (QED) is 0.432. The van der Waals surface area contributed by atoms with Gasteiger partial charge >= 0.3 is 0 Å². The fourth-order valence-corrected chi connectivity index (χ4v) is 5.14. The van der Waals surface area contributed by atoms with Gasteiger partial charge in [-0.3, -0.25) is 13.9 Å². The van der Waals surface area contributed by atoms with Crippen molar-refractivity contribution in [2.45, 2.75) is 24.4 Å². The summed E-state index contributed by atoms with van der Waals surface area (Å²) >= 11 is 6.01. The van der Waals surface area contributed by atoms with Crippen LogP contribution < -0.4 is 14.4 Å². The van der Waals surface area contributed by atoms with Crippen LogP contribution in [0, 0.1) is 0 Å². The lowest BCUT2D eigenvalue weighted by Crippen LogP contribution is -2.50. The van der Waals surface area contributed by atoms with Crippen LogP contribution in [0.15, 0.2) is 83.8 Å². The van der Waals surface area contributed by atoms with Gasteiger partial charge in [0.2, 0.25) is 11.8 Å². The summed E-state index contributed by atoms with van der Waals surface area (Å²) in [5.41, 5.74) is 1.03. The van der Waals surface area contributed by atoms with E-state index >= 15 is 0 Å². The number of amides is 2. The van der Waals surface area contributed by atoms with Gasteiger partial charge in [0, 0.05) is 18.6 Å². The summed E-state index contributed by atoms with van der Waals surface area (Å²) in [6.07, 6.45) is 0. The van der Waals surface area contributed by atoms with Crippen molar-refractivity contribution in [1.29, 1.82) is 0 Å². The first-order valence-electron chi connectivity index (χ1n) is 11.1. The van der Waals surface area contributed by atoms with Crippen molar-refractivity contribution in [2.75, 3.05) is 25.0 Å². The lowest BCUT2D eigenvalue weighted by Gasteiger charge is -2.31. The van der Waals surface area contributed by atoms with Crippen molar-refractivity contribution in [1.82, 2.24) is 10.2 Å². The zero-order valence-electron chi connectivity index (χ0n) is 20.2. The minimum atomic E-state index is -4.10. The summed E-state index contributed by atoms with van der Waals surface area (Å²) in [4.78, 5) is 27.5. The predicted molar refractivity (Wildman–Crippen MR) is 139 cm³/mol. The molecule has 0 heterocycles. The summed E-state index contributed by atoms with van der Waals surface area (Å²) in [6, 6.07) is 20.2. The number of hydrogen-bond acceptors (Lipinski definition) is 5. The Morgan fingerprint density at radius 2 is 1.58 bits per heavy atom. The summed E-state index contributed by atoms with van der Waals surface area (Å²) in [6.45, 7) is 1.17. The van der Waals surface area contributed by atoms with Crippen LogP contribution in [-0.4, -0.2) is 51.9 Å². The molecule has 10 heteroatoms. The number of methoxy groups -OCH3 is 1. The maximum Gasteiger partial charge on any atom is 0.264 e. The molecule has 0 spiro atoms. The van der Waals surface area contributed by atoms with E-state index in [0.717, 1.165) is 9.87 Å². The maximum atomic E-state index is 13.7. The van der Waals surface area contributed by atoms with Gasteiger partial charge in [-0.25, -0.2) is 8.42 Å². The second-order valence-electron chi connectivity index (χ2n) is 7.96. The van der Waals surface area contributed by atoms with Gasteiger partial charge in [0.1, 0.15) is 18.3 Å². The lowest BCUT2D eigenvalue weighted by atomic mass is 10.1. The van der Waals surface area contributed by atoms with Gasteiger partial charge in [0.15, 0.2) is 0 Å². The highest BCUT2D eigenvalue weighted by Gasteiger charge is 2.32. The Bertz CT molecular complexity index is 1280. The first-order chi connectivity index (χ1) is 17.2. The van der Waals surface area contributed by atoms with Crippen molar-refractivity contribution in [2.24, 2.45) is 0 Å². The molecule has 3 aromatic rings. The monoisotopic (exact) mass is 529 g/mol. The third-order valence-electron chi connectivity index (χ3n) is 5.65. The van der Waals surface area contributed by atoms with Gasteiger partial charge in [-0.15, -0.1) is 0 Å². The van der Waals surface area contributed by atoms with Crippen molar-refractivity contribution in [3.05, 3.63) is 89.4 Å². The number of hydrogen-bond donors (Lipinski definition) is 1.